The van der Waals surface area contributed by atoms with Gasteiger partial charge in [0, 0.05) is 19.2 Å². The van der Waals surface area contributed by atoms with Crippen LogP contribution in [0.2, 0.25) is 0 Å². The summed E-state index contributed by atoms with van der Waals surface area (Å²) >= 11 is 0. The Bertz CT molecular complexity index is 744. The van der Waals surface area contributed by atoms with E-state index in [0.717, 1.165) is 24.5 Å². The first kappa shape index (κ1) is 17.5. The van der Waals surface area contributed by atoms with Crippen molar-refractivity contribution in [2.24, 2.45) is 0 Å². The van der Waals surface area contributed by atoms with Crippen molar-refractivity contribution >= 4 is 23.0 Å². The molecule has 0 spiro atoms. The molecule has 2 aromatic rings. The van der Waals surface area contributed by atoms with Crippen LogP contribution in [0.5, 0.6) is 0 Å². The number of methoxy groups -OCH3 is 1. The minimum absolute atomic E-state index is 0.0566. The summed E-state index contributed by atoms with van der Waals surface area (Å²) in [7, 11) is 1.49. The van der Waals surface area contributed by atoms with Crippen LogP contribution in [-0.4, -0.2) is 34.6 Å². The first-order valence-corrected chi connectivity index (χ1v) is 6.89. The molecular formula is C14H15F2N5O3. The van der Waals surface area contributed by atoms with E-state index >= 15 is 0 Å². The van der Waals surface area contributed by atoms with Gasteiger partial charge in [0.1, 0.15) is 18.0 Å². The second-order valence-corrected chi connectivity index (χ2v) is 4.93. The standard InChI is InChI=1S/C14H15F2N5O3/c1-8(6-24-2)19-13-12(21(22)23)14(18-7-17-13)20-11-5-9(15)3-4-10(11)16/h3-5,7-8H,6H2,1-2H3,(H2,17,18,19,20). The predicted molar refractivity (Wildman–Crippen MR) is 83.3 cm³/mol. The van der Waals surface area contributed by atoms with Crippen LogP contribution in [0.15, 0.2) is 24.5 Å². The lowest BCUT2D eigenvalue weighted by molar-refractivity contribution is -0.383. The van der Waals surface area contributed by atoms with Crippen LogP contribution in [0.3, 0.4) is 0 Å². The predicted octanol–water partition coefficient (Wildman–Crippen LogP) is 2.85. The Hall–Kier alpha value is -2.88. The zero-order valence-corrected chi connectivity index (χ0v) is 12.9. The molecule has 0 amide bonds. The van der Waals surface area contributed by atoms with E-state index in [1.165, 1.54) is 7.11 Å². The Balaban J connectivity index is 2.39. The smallest absolute Gasteiger partial charge is 0.353 e. The van der Waals surface area contributed by atoms with E-state index in [9.17, 15) is 18.9 Å². The minimum atomic E-state index is -0.772. The second kappa shape index (κ2) is 7.59. The normalized spacial score (nSPS) is 11.8. The molecule has 10 heteroatoms. The summed E-state index contributed by atoms with van der Waals surface area (Å²) in [6, 6.07) is 2.46. The lowest BCUT2D eigenvalue weighted by Gasteiger charge is -2.14. The summed E-state index contributed by atoms with van der Waals surface area (Å²) in [5.41, 5.74) is -0.753. The van der Waals surface area contributed by atoms with Crippen molar-refractivity contribution in [2.45, 2.75) is 13.0 Å². The maximum atomic E-state index is 13.7. The van der Waals surface area contributed by atoms with Crippen LogP contribution in [-0.2, 0) is 4.74 Å². The summed E-state index contributed by atoms with van der Waals surface area (Å²) in [6.45, 7) is 2.04. The largest absolute Gasteiger partial charge is 0.383 e. The molecule has 1 aromatic carbocycles. The third-order valence-corrected chi connectivity index (χ3v) is 2.99. The number of nitrogens with one attached hydrogen (secondary N) is 2. The Labute approximate surface area is 136 Å². The van der Waals surface area contributed by atoms with Crippen LogP contribution < -0.4 is 10.6 Å². The van der Waals surface area contributed by atoms with E-state index < -0.39 is 22.2 Å². The molecule has 2 rings (SSSR count). The SMILES string of the molecule is COCC(C)Nc1ncnc(Nc2cc(F)ccc2F)c1[N+](=O)[O-]. The molecule has 24 heavy (non-hydrogen) atoms. The Morgan fingerprint density at radius 3 is 2.71 bits per heavy atom. The number of nitro groups is 1. The van der Waals surface area contributed by atoms with Gasteiger partial charge in [0.25, 0.3) is 0 Å². The number of hydrogen-bond donors (Lipinski definition) is 2. The van der Waals surface area contributed by atoms with E-state index in [4.69, 9.17) is 4.74 Å². The van der Waals surface area contributed by atoms with Gasteiger partial charge < -0.3 is 15.4 Å². The minimum Gasteiger partial charge on any atom is -0.383 e. The molecule has 128 valence electrons. The number of anilines is 3. The Morgan fingerprint density at radius 2 is 2.04 bits per heavy atom. The first-order valence-electron chi connectivity index (χ1n) is 6.89. The summed E-state index contributed by atoms with van der Waals surface area (Å²) in [6.07, 6.45) is 1.08. The van der Waals surface area contributed by atoms with E-state index in [2.05, 4.69) is 20.6 Å². The van der Waals surface area contributed by atoms with Gasteiger partial charge in [0.2, 0.25) is 11.6 Å². The number of nitrogens with zero attached hydrogens (tertiary/aromatic N) is 3. The molecule has 0 aliphatic rings. The third kappa shape index (κ3) is 4.10. The summed E-state index contributed by atoms with van der Waals surface area (Å²) in [5.74, 6) is -1.78. The van der Waals surface area contributed by atoms with Gasteiger partial charge in [-0.25, -0.2) is 18.7 Å². The zero-order valence-electron chi connectivity index (χ0n) is 12.9. The number of ether oxygens (including phenoxy) is 1. The second-order valence-electron chi connectivity index (χ2n) is 4.93. The van der Waals surface area contributed by atoms with Gasteiger partial charge in [-0.05, 0) is 19.1 Å². The highest BCUT2D eigenvalue weighted by molar-refractivity contribution is 5.74. The summed E-state index contributed by atoms with van der Waals surface area (Å²) in [5, 5.41) is 16.6. The van der Waals surface area contributed by atoms with Crippen molar-refractivity contribution < 1.29 is 18.4 Å². The van der Waals surface area contributed by atoms with E-state index in [1.54, 1.807) is 6.92 Å². The molecule has 8 nitrogen and oxygen atoms in total. The number of aromatic nitrogens is 2. The third-order valence-electron chi connectivity index (χ3n) is 2.99. The Morgan fingerprint density at radius 1 is 1.33 bits per heavy atom. The van der Waals surface area contributed by atoms with Gasteiger partial charge in [-0.1, -0.05) is 0 Å². The van der Waals surface area contributed by atoms with Crippen LogP contribution in [0.1, 0.15) is 6.92 Å². The highest BCUT2D eigenvalue weighted by Gasteiger charge is 2.24. The van der Waals surface area contributed by atoms with Crippen LogP contribution in [0, 0.1) is 21.7 Å². The average molecular weight is 339 g/mol. The van der Waals surface area contributed by atoms with Gasteiger partial charge >= 0.3 is 5.69 Å². The molecule has 0 fully saturated rings. The van der Waals surface area contributed by atoms with E-state index in [0.29, 0.717) is 6.61 Å². The van der Waals surface area contributed by atoms with Crippen LogP contribution >= 0.6 is 0 Å². The molecule has 2 N–H and O–H groups in total. The molecule has 0 aliphatic carbocycles. The van der Waals surface area contributed by atoms with Crippen molar-refractivity contribution in [3.8, 4) is 0 Å². The van der Waals surface area contributed by atoms with Crippen molar-refractivity contribution in [3.05, 3.63) is 46.3 Å². The summed E-state index contributed by atoms with van der Waals surface area (Å²) in [4.78, 5) is 18.3. The van der Waals surface area contributed by atoms with Gasteiger partial charge in [-0.15, -0.1) is 0 Å². The highest BCUT2D eigenvalue weighted by Crippen LogP contribution is 2.32. The number of rotatable bonds is 7. The van der Waals surface area contributed by atoms with E-state index in [-0.39, 0.29) is 23.4 Å². The maximum absolute atomic E-state index is 13.7. The van der Waals surface area contributed by atoms with Gasteiger partial charge in [-0.2, -0.15) is 0 Å². The molecule has 1 atom stereocenters. The highest BCUT2D eigenvalue weighted by atomic mass is 19.1. The average Bonchev–Trinajstić information content (AvgIpc) is 2.51. The monoisotopic (exact) mass is 339 g/mol. The van der Waals surface area contributed by atoms with Gasteiger partial charge in [0.05, 0.1) is 17.2 Å². The quantitative estimate of drug-likeness (QED) is 0.590. The molecule has 1 heterocycles. The topological polar surface area (TPSA) is 102 Å². The van der Waals surface area contributed by atoms with Gasteiger partial charge in [0.15, 0.2) is 0 Å². The number of halogens is 2. The fraction of sp³-hybridized carbons (Fsp3) is 0.286. The molecule has 0 aliphatic heterocycles. The van der Waals surface area contributed by atoms with Crippen LogP contribution in [0.4, 0.5) is 31.8 Å². The lowest BCUT2D eigenvalue weighted by atomic mass is 10.3. The van der Waals surface area contributed by atoms with E-state index in [1.807, 2.05) is 0 Å². The zero-order chi connectivity index (χ0) is 17.7. The van der Waals surface area contributed by atoms with Crippen molar-refractivity contribution in [2.75, 3.05) is 24.4 Å². The first-order chi connectivity index (χ1) is 11.4. The molecule has 0 radical (unpaired) electrons. The molecule has 0 saturated carbocycles. The molecule has 1 unspecified atom stereocenters. The molecule has 0 saturated heterocycles. The fourth-order valence-corrected chi connectivity index (χ4v) is 1.99. The number of hydrogen-bond acceptors (Lipinski definition) is 7. The van der Waals surface area contributed by atoms with Crippen molar-refractivity contribution in [3.63, 3.8) is 0 Å². The molecule has 1 aromatic heterocycles. The lowest BCUT2D eigenvalue weighted by Crippen LogP contribution is -2.22. The summed E-state index contributed by atoms with van der Waals surface area (Å²) < 4.78 is 31.9. The van der Waals surface area contributed by atoms with Gasteiger partial charge in [-0.3, -0.25) is 10.1 Å². The van der Waals surface area contributed by atoms with Crippen molar-refractivity contribution in [1.82, 2.24) is 9.97 Å². The molecule has 0 bridgehead atoms. The molecular weight excluding hydrogens is 324 g/mol. The Kier molecular flexibility index (Phi) is 5.53. The van der Waals surface area contributed by atoms with Crippen molar-refractivity contribution in [1.29, 1.82) is 0 Å². The van der Waals surface area contributed by atoms with Crippen LogP contribution in [0.25, 0.3) is 0 Å². The number of benzene rings is 1. The maximum Gasteiger partial charge on any atom is 0.353 e. The fourth-order valence-electron chi connectivity index (χ4n) is 1.99.